The van der Waals surface area contributed by atoms with Crippen molar-refractivity contribution in [3.63, 3.8) is 0 Å². The lowest BCUT2D eigenvalue weighted by Gasteiger charge is -2.27. The van der Waals surface area contributed by atoms with E-state index in [1.165, 1.54) is 27.5 Å². The van der Waals surface area contributed by atoms with Gasteiger partial charge in [-0.05, 0) is 82.3 Å². The summed E-state index contributed by atoms with van der Waals surface area (Å²) in [6.07, 6.45) is 2.52. The molecule has 69 heavy (non-hydrogen) atoms. The third-order valence-electron chi connectivity index (χ3n) is 14.0. The number of hydrogen-bond donors (Lipinski definition) is 1. The highest BCUT2D eigenvalue weighted by Gasteiger charge is 2.30. The lowest BCUT2D eigenvalue weighted by atomic mass is 9.85. The summed E-state index contributed by atoms with van der Waals surface area (Å²) in [4.78, 5) is 10.8. The Kier molecular flexibility index (Phi) is 8.99. The summed E-state index contributed by atoms with van der Waals surface area (Å²) in [5, 5.41) is 10.5. The Hall–Kier alpha value is -9.00. The minimum absolute atomic E-state index is 0.131. The predicted molar refractivity (Wildman–Crippen MR) is 282 cm³/mol. The quantitative estimate of drug-likeness (QED) is 0.173. The van der Waals surface area contributed by atoms with E-state index in [2.05, 4.69) is 210 Å². The molecule has 1 N–H and O–H groups in total. The molecule has 0 amide bonds. The zero-order valence-electron chi connectivity index (χ0n) is 37.4. The van der Waals surface area contributed by atoms with E-state index in [-0.39, 0.29) is 5.92 Å². The van der Waals surface area contributed by atoms with E-state index < -0.39 is 6.17 Å². The van der Waals surface area contributed by atoms with Crippen molar-refractivity contribution < 1.29 is 8.83 Å². The monoisotopic (exact) mass is 886 g/mol. The first-order chi connectivity index (χ1) is 34.2. The molecule has 0 saturated heterocycles. The molecular formula is C63H42N4O2. The van der Waals surface area contributed by atoms with Gasteiger partial charge < -0.3 is 18.7 Å². The van der Waals surface area contributed by atoms with E-state index in [0.717, 1.165) is 99.8 Å². The van der Waals surface area contributed by atoms with Gasteiger partial charge in [-0.3, -0.25) is 0 Å². The Morgan fingerprint density at radius 3 is 1.78 bits per heavy atom. The standard InChI is InChI=1S/C63H42N4O2/c1-4-16-39(17-5-1)41-28-30-43(31-29-41)62-64-61(42-20-8-3-9-21-42)65-63(66-62)52-35-45(36-59-60(52)48-24-12-15-27-57(48)69-59)49-37-51-47-23-11-14-26-56(47)68-58(51)38-55(49)67-53-25-13-10-22-46(53)50-34-44(32-33-54(50)67)40-18-6-2-7-19-40/h1-34,36-38,45,61H,35H2,(H,64,65,66). The highest BCUT2D eigenvalue weighted by atomic mass is 16.3. The van der Waals surface area contributed by atoms with Crippen LogP contribution in [0.1, 0.15) is 35.2 Å². The molecule has 0 spiro atoms. The molecule has 6 heteroatoms. The SMILES string of the molecule is C1=c2oc3ccccc3c2=C(C2=NC(c3ccccc3)N=C(c3ccc(-c4ccccc4)cc3)N2)CC1c1cc2c(cc1-n1c3ccccc3c3cc(-c4ccccc4)ccc31)oc1ccccc12. The number of rotatable bonds is 7. The van der Waals surface area contributed by atoms with Gasteiger partial charge in [-0.15, -0.1) is 0 Å². The van der Waals surface area contributed by atoms with E-state index in [9.17, 15) is 0 Å². The molecule has 3 aromatic heterocycles. The molecule has 2 unspecified atom stereocenters. The number of aliphatic imine (C=N–C) groups is 2. The van der Waals surface area contributed by atoms with Crippen LogP contribution in [0.25, 0.3) is 94.3 Å². The normalized spacial score (nSPS) is 15.9. The van der Waals surface area contributed by atoms with Crippen molar-refractivity contribution in [2.45, 2.75) is 18.5 Å². The maximum absolute atomic E-state index is 6.90. The van der Waals surface area contributed by atoms with Crippen molar-refractivity contribution in [3.05, 3.63) is 246 Å². The number of benzene rings is 9. The fraction of sp³-hybridized carbons (Fsp3) is 0.0476. The van der Waals surface area contributed by atoms with Crippen LogP contribution in [0.4, 0.5) is 0 Å². The van der Waals surface area contributed by atoms with E-state index in [1.54, 1.807) is 0 Å². The second kappa shape index (κ2) is 15.8. The van der Waals surface area contributed by atoms with Crippen LogP contribution in [0, 0.1) is 0 Å². The van der Waals surface area contributed by atoms with Crippen LogP contribution in [0.2, 0.25) is 0 Å². The van der Waals surface area contributed by atoms with Crippen LogP contribution < -0.4 is 16.0 Å². The van der Waals surface area contributed by atoms with Crippen LogP contribution in [-0.4, -0.2) is 16.2 Å². The average Bonchev–Trinajstić information content (AvgIpc) is 4.10. The molecule has 14 rings (SSSR count). The lowest BCUT2D eigenvalue weighted by Crippen LogP contribution is -2.41. The molecule has 326 valence electrons. The lowest BCUT2D eigenvalue weighted by molar-refractivity contribution is 0.568. The Morgan fingerprint density at radius 2 is 1.01 bits per heavy atom. The number of aromatic nitrogens is 1. The topological polar surface area (TPSA) is 68.0 Å². The van der Waals surface area contributed by atoms with Crippen molar-refractivity contribution in [2.24, 2.45) is 9.98 Å². The van der Waals surface area contributed by atoms with Gasteiger partial charge in [0.05, 0.1) is 16.7 Å². The molecule has 4 heterocycles. The number of fused-ring (bicyclic) bond motifs is 9. The number of nitrogens with zero attached hydrogens (tertiary/aromatic N) is 3. The maximum atomic E-state index is 6.90. The molecule has 12 aromatic rings. The third kappa shape index (κ3) is 6.56. The van der Waals surface area contributed by atoms with Crippen molar-refractivity contribution >= 4 is 78.0 Å². The number of para-hydroxylation sites is 3. The van der Waals surface area contributed by atoms with Gasteiger partial charge in [0.15, 0.2) is 6.17 Å². The van der Waals surface area contributed by atoms with Gasteiger partial charge in [-0.1, -0.05) is 176 Å². The molecule has 0 fully saturated rings. The number of nitrogens with one attached hydrogen (secondary N) is 1. The molecule has 0 bridgehead atoms. The number of amidine groups is 2. The summed E-state index contributed by atoms with van der Waals surface area (Å²) >= 11 is 0. The van der Waals surface area contributed by atoms with Crippen molar-refractivity contribution in [1.29, 1.82) is 0 Å². The molecule has 2 atom stereocenters. The smallest absolute Gasteiger partial charge is 0.169 e. The summed E-state index contributed by atoms with van der Waals surface area (Å²) in [5.41, 5.74) is 15.6. The maximum Gasteiger partial charge on any atom is 0.169 e. The van der Waals surface area contributed by atoms with Gasteiger partial charge >= 0.3 is 0 Å². The van der Waals surface area contributed by atoms with E-state index in [1.807, 2.05) is 24.3 Å². The van der Waals surface area contributed by atoms with Crippen molar-refractivity contribution in [2.75, 3.05) is 0 Å². The van der Waals surface area contributed by atoms with Crippen molar-refractivity contribution in [1.82, 2.24) is 9.88 Å². The highest BCUT2D eigenvalue weighted by Crippen LogP contribution is 2.43. The van der Waals surface area contributed by atoms with Crippen molar-refractivity contribution in [3.8, 4) is 27.9 Å². The summed E-state index contributed by atoms with van der Waals surface area (Å²) < 4.78 is 16.0. The van der Waals surface area contributed by atoms with E-state index >= 15 is 0 Å². The molecular weight excluding hydrogens is 845 g/mol. The Balaban J connectivity index is 0.978. The van der Waals surface area contributed by atoms with Crippen LogP contribution in [0.15, 0.2) is 237 Å². The highest BCUT2D eigenvalue weighted by molar-refractivity contribution is 6.27. The summed E-state index contributed by atoms with van der Waals surface area (Å²) in [7, 11) is 0. The van der Waals surface area contributed by atoms with E-state index in [4.69, 9.17) is 18.8 Å². The first-order valence-corrected chi connectivity index (χ1v) is 23.6. The summed E-state index contributed by atoms with van der Waals surface area (Å²) in [5.74, 6) is 1.43. The van der Waals surface area contributed by atoms with E-state index in [0.29, 0.717) is 6.42 Å². The van der Waals surface area contributed by atoms with Crippen LogP contribution in [0.3, 0.4) is 0 Å². The molecule has 0 saturated carbocycles. The molecule has 1 aliphatic carbocycles. The Labute approximate surface area is 397 Å². The Bertz CT molecular complexity index is 4180. The Morgan fingerprint density at radius 1 is 0.435 bits per heavy atom. The number of hydrogen-bond acceptors (Lipinski definition) is 5. The van der Waals surface area contributed by atoms with Gasteiger partial charge in [-0.2, -0.15) is 0 Å². The summed E-state index contributed by atoms with van der Waals surface area (Å²) in [6, 6.07) is 77.1. The largest absolute Gasteiger partial charge is 0.456 e. The second-order valence-corrected chi connectivity index (χ2v) is 18.1. The molecule has 2 aliphatic rings. The van der Waals surface area contributed by atoms with Gasteiger partial charge in [0.25, 0.3) is 0 Å². The van der Waals surface area contributed by atoms with Gasteiger partial charge in [0, 0.05) is 55.3 Å². The van der Waals surface area contributed by atoms with Gasteiger partial charge in [-0.25, -0.2) is 9.98 Å². The zero-order valence-corrected chi connectivity index (χ0v) is 37.4. The van der Waals surface area contributed by atoms with Crippen LogP contribution >= 0.6 is 0 Å². The molecule has 1 aliphatic heterocycles. The minimum Gasteiger partial charge on any atom is -0.456 e. The van der Waals surface area contributed by atoms with Gasteiger partial charge in [0.1, 0.15) is 33.8 Å². The minimum atomic E-state index is -0.465. The average molecular weight is 887 g/mol. The summed E-state index contributed by atoms with van der Waals surface area (Å²) in [6.45, 7) is 0. The van der Waals surface area contributed by atoms with Gasteiger partial charge in [0.2, 0.25) is 0 Å². The fourth-order valence-electron chi connectivity index (χ4n) is 10.8. The second-order valence-electron chi connectivity index (χ2n) is 18.1. The first-order valence-electron chi connectivity index (χ1n) is 23.6. The van der Waals surface area contributed by atoms with Crippen LogP contribution in [0.5, 0.6) is 0 Å². The third-order valence-corrected chi connectivity index (χ3v) is 14.0. The molecule has 9 aromatic carbocycles. The first kappa shape index (κ1) is 39.2. The molecule has 6 nitrogen and oxygen atoms in total. The zero-order chi connectivity index (χ0) is 45.4. The molecule has 0 radical (unpaired) electrons. The van der Waals surface area contributed by atoms with Crippen LogP contribution in [-0.2, 0) is 0 Å². The number of furan rings is 2. The fourth-order valence-corrected chi connectivity index (χ4v) is 10.8. The predicted octanol–water partition coefficient (Wildman–Crippen LogP) is 14.0.